The molecule has 6 nitrogen and oxygen atoms in total. The monoisotopic (exact) mass is 212 g/mol. The van der Waals surface area contributed by atoms with Crippen molar-refractivity contribution in [1.82, 2.24) is 9.55 Å². The number of carbonyl (C=O) groups is 1. The Hall–Kier alpha value is -1.56. The number of imidazole rings is 1. The molecule has 6 heteroatoms. The van der Waals surface area contributed by atoms with Crippen LogP contribution < -0.4 is 5.69 Å². The van der Waals surface area contributed by atoms with Crippen LogP contribution in [0, 0.1) is 0 Å². The number of nitrogens with one attached hydrogen (secondary N) is 1. The third kappa shape index (κ3) is 1.46. The lowest BCUT2D eigenvalue weighted by Gasteiger charge is -2.33. The smallest absolute Gasteiger partial charge is 0.330 e. The van der Waals surface area contributed by atoms with Crippen molar-refractivity contribution in [1.29, 1.82) is 0 Å². The summed E-state index contributed by atoms with van der Waals surface area (Å²) in [6.07, 6.45) is 3.56. The van der Waals surface area contributed by atoms with Crippen LogP contribution in [0.4, 0.5) is 0 Å². The van der Waals surface area contributed by atoms with Crippen molar-refractivity contribution in [3.63, 3.8) is 0 Å². The quantitative estimate of drug-likeness (QED) is 0.709. The van der Waals surface area contributed by atoms with E-state index in [1.807, 2.05) is 0 Å². The third-order valence-corrected chi connectivity index (χ3v) is 2.83. The molecule has 0 aromatic carbocycles. The summed E-state index contributed by atoms with van der Waals surface area (Å²) in [7, 11) is 0. The SMILES string of the molecule is O=C(O)C1(n2cc[nH]c2=O)CCOCC1. The molecular weight excluding hydrogens is 200 g/mol. The van der Waals surface area contributed by atoms with Gasteiger partial charge in [-0.15, -0.1) is 0 Å². The molecule has 82 valence electrons. The first-order valence-electron chi connectivity index (χ1n) is 4.74. The van der Waals surface area contributed by atoms with Gasteiger partial charge in [-0.1, -0.05) is 0 Å². The highest BCUT2D eigenvalue weighted by Gasteiger charge is 2.42. The van der Waals surface area contributed by atoms with E-state index >= 15 is 0 Å². The Bertz CT molecular complexity index is 414. The number of hydrogen-bond donors (Lipinski definition) is 2. The fourth-order valence-electron chi connectivity index (χ4n) is 1.92. The molecule has 1 aliphatic heterocycles. The summed E-state index contributed by atoms with van der Waals surface area (Å²) in [5.74, 6) is -0.979. The topological polar surface area (TPSA) is 84.3 Å². The molecule has 1 fully saturated rings. The zero-order valence-electron chi connectivity index (χ0n) is 8.10. The van der Waals surface area contributed by atoms with Gasteiger partial charge in [-0.3, -0.25) is 4.57 Å². The van der Waals surface area contributed by atoms with E-state index in [0.29, 0.717) is 26.1 Å². The van der Waals surface area contributed by atoms with Crippen molar-refractivity contribution in [2.24, 2.45) is 0 Å². The highest BCUT2D eigenvalue weighted by molar-refractivity contribution is 5.76. The summed E-state index contributed by atoms with van der Waals surface area (Å²) in [6.45, 7) is 0.730. The minimum atomic E-state index is -1.14. The first-order chi connectivity index (χ1) is 7.17. The van der Waals surface area contributed by atoms with Crippen LogP contribution in [0.1, 0.15) is 12.8 Å². The van der Waals surface area contributed by atoms with Gasteiger partial charge in [0.25, 0.3) is 0 Å². The number of carboxylic acid groups (broad SMARTS) is 1. The van der Waals surface area contributed by atoms with Crippen LogP contribution in [-0.2, 0) is 15.1 Å². The Morgan fingerprint density at radius 2 is 2.20 bits per heavy atom. The minimum absolute atomic E-state index is 0.320. The van der Waals surface area contributed by atoms with Crippen LogP contribution >= 0.6 is 0 Å². The summed E-state index contributed by atoms with van der Waals surface area (Å²) in [6, 6.07) is 0. The van der Waals surface area contributed by atoms with Gasteiger partial charge in [-0.05, 0) is 0 Å². The van der Waals surface area contributed by atoms with Gasteiger partial charge in [0.1, 0.15) is 0 Å². The Labute approximate surface area is 85.5 Å². The molecular formula is C9H12N2O4. The second kappa shape index (κ2) is 3.54. The standard InChI is InChI=1S/C9H12N2O4/c12-7(13)9(1-5-15-6-2-9)11-4-3-10-8(11)14/h3-4H,1-2,5-6H2,(H,10,14)(H,12,13). The number of H-pyrrole nitrogens is 1. The minimum Gasteiger partial charge on any atom is -0.479 e. The van der Waals surface area contributed by atoms with Crippen molar-refractivity contribution >= 4 is 5.97 Å². The maximum absolute atomic E-state index is 11.4. The molecule has 2 heterocycles. The molecule has 0 saturated carbocycles. The average molecular weight is 212 g/mol. The largest absolute Gasteiger partial charge is 0.479 e. The van der Waals surface area contributed by atoms with Crippen LogP contribution in [0.2, 0.25) is 0 Å². The van der Waals surface area contributed by atoms with E-state index in [1.165, 1.54) is 17.0 Å². The van der Waals surface area contributed by atoms with Crippen molar-refractivity contribution in [2.45, 2.75) is 18.4 Å². The van der Waals surface area contributed by atoms with Gasteiger partial charge in [-0.2, -0.15) is 0 Å². The zero-order valence-corrected chi connectivity index (χ0v) is 8.10. The van der Waals surface area contributed by atoms with E-state index in [0.717, 1.165) is 0 Å². The van der Waals surface area contributed by atoms with Crippen LogP contribution in [0.25, 0.3) is 0 Å². The summed E-state index contributed by atoms with van der Waals surface area (Å²) >= 11 is 0. The molecule has 0 atom stereocenters. The van der Waals surface area contributed by atoms with Crippen LogP contribution in [0.3, 0.4) is 0 Å². The number of ether oxygens (including phenoxy) is 1. The summed E-state index contributed by atoms with van der Waals surface area (Å²) < 4.78 is 6.37. The summed E-state index contributed by atoms with van der Waals surface area (Å²) in [4.78, 5) is 25.2. The van der Waals surface area contributed by atoms with E-state index in [2.05, 4.69) is 4.98 Å². The number of carboxylic acids is 1. The molecule has 1 aromatic heterocycles. The number of aliphatic carboxylic acids is 1. The van der Waals surface area contributed by atoms with Crippen molar-refractivity contribution in [3.05, 3.63) is 22.9 Å². The van der Waals surface area contributed by atoms with E-state index in [4.69, 9.17) is 4.74 Å². The lowest BCUT2D eigenvalue weighted by atomic mass is 9.90. The third-order valence-electron chi connectivity index (χ3n) is 2.83. The van der Waals surface area contributed by atoms with Crippen molar-refractivity contribution < 1.29 is 14.6 Å². The summed E-state index contributed by atoms with van der Waals surface area (Å²) in [5, 5.41) is 9.26. The lowest BCUT2D eigenvalue weighted by Crippen LogP contribution is -2.50. The van der Waals surface area contributed by atoms with Gasteiger partial charge in [-0.25, -0.2) is 9.59 Å². The summed E-state index contributed by atoms with van der Waals surface area (Å²) in [5.41, 5.74) is -1.53. The molecule has 2 N–H and O–H groups in total. The molecule has 0 unspecified atom stereocenters. The Kier molecular flexibility index (Phi) is 2.36. The van der Waals surface area contributed by atoms with Gasteiger partial charge < -0.3 is 14.8 Å². The predicted octanol–water partition coefficient (Wildman–Crippen LogP) is -0.233. The number of aromatic nitrogens is 2. The second-order valence-corrected chi connectivity index (χ2v) is 3.58. The molecule has 0 amide bonds. The van der Waals surface area contributed by atoms with Crippen LogP contribution in [0.15, 0.2) is 17.2 Å². The average Bonchev–Trinajstić information content (AvgIpc) is 2.66. The first-order valence-corrected chi connectivity index (χ1v) is 4.74. The Morgan fingerprint density at radius 1 is 1.53 bits per heavy atom. The van der Waals surface area contributed by atoms with E-state index in [9.17, 15) is 14.7 Å². The van der Waals surface area contributed by atoms with Crippen molar-refractivity contribution in [2.75, 3.05) is 13.2 Å². The number of hydrogen-bond acceptors (Lipinski definition) is 3. The highest BCUT2D eigenvalue weighted by Crippen LogP contribution is 2.27. The lowest BCUT2D eigenvalue weighted by molar-refractivity contribution is -0.153. The fourth-order valence-corrected chi connectivity index (χ4v) is 1.92. The normalized spacial score (nSPS) is 20.0. The predicted molar refractivity (Wildman–Crippen MR) is 50.7 cm³/mol. The van der Waals surface area contributed by atoms with Crippen molar-refractivity contribution in [3.8, 4) is 0 Å². The van der Waals surface area contributed by atoms with Gasteiger partial charge in [0.2, 0.25) is 0 Å². The highest BCUT2D eigenvalue weighted by atomic mass is 16.5. The first kappa shape index (κ1) is 9.97. The molecule has 1 aliphatic rings. The number of nitrogens with zero attached hydrogens (tertiary/aromatic N) is 1. The fraction of sp³-hybridized carbons (Fsp3) is 0.556. The molecule has 0 aliphatic carbocycles. The van der Waals surface area contributed by atoms with E-state index < -0.39 is 11.5 Å². The van der Waals surface area contributed by atoms with E-state index in [-0.39, 0.29) is 5.69 Å². The van der Waals surface area contributed by atoms with E-state index in [1.54, 1.807) is 0 Å². The molecule has 1 saturated heterocycles. The molecule has 0 bridgehead atoms. The number of aromatic amines is 1. The second-order valence-electron chi connectivity index (χ2n) is 3.58. The Morgan fingerprint density at radius 3 is 2.67 bits per heavy atom. The maximum atomic E-state index is 11.4. The number of rotatable bonds is 2. The maximum Gasteiger partial charge on any atom is 0.330 e. The molecule has 1 aromatic rings. The van der Waals surface area contributed by atoms with Gasteiger partial charge in [0, 0.05) is 38.4 Å². The molecule has 0 radical (unpaired) electrons. The Balaban J connectivity index is 2.47. The van der Waals surface area contributed by atoms with Crippen LogP contribution in [0.5, 0.6) is 0 Å². The zero-order chi connectivity index (χ0) is 10.9. The molecule has 0 spiro atoms. The molecule has 15 heavy (non-hydrogen) atoms. The van der Waals surface area contributed by atoms with Gasteiger partial charge in [0.05, 0.1) is 0 Å². The van der Waals surface area contributed by atoms with Crippen LogP contribution in [-0.4, -0.2) is 33.8 Å². The molecule has 2 rings (SSSR count). The van der Waals surface area contributed by atoms with Gasteiger partial charge in [0.15, 0.2) is 5.54 Å². The van der Waals surface area contributed by atoms with Gasteiger partial charge >= 0.3 is 11.7 Å².